The Balaban J connectivity index is 2.07. The van der Waals surface area contributed by atoms with Gasteiger partial charge in [-0.25, -0.2) is 4.98 Å². The SMILES string of the molecule is COC1CCN(c2ncccc2CNC(C)C)C1. The third kappa shape index (κ3) is 3.21. The van der Waals surface area contributed by atoms with Crippen LogP contribution in [0.3, 0.4) is 0 Å². The molecule has 1 atom stereocenters. The van der Waals surface area contributed by atoms with Crippen LogP contribution in [0.5, 0.6) is 0 Å². The van der Waals surface area contributed by atoms with Gasteiger partial charge in [0.25, 0.3) is 0 Å². The summed E-state index contributed by atoms with van der Waals surface area (Å²) in [6.07, 6.45) is 3.30. The maximum atomic E-state index is 5.42. The molecule has 1 aliphatic heterocycles. The Hall–Kier alpha value is -1.13. The number of rotatable bonds is 5. The normalized spacial score (nSPS) is 19.8. The lowest BCUT2D eigenvalue weighted by atomic mass is 10.2. The van der Waals surface area contributed by atoms with Gasteiger partial charge in [0.2, 0.25) is 0 Å². The molecule has 1 fully saturated rings. The van der Waals surface area contributed by atoms with Crippen LogP contribution in [0.2, 0.25) is 0 Å². The lowest BCUT2D eigenvalue weighted by molar-refractivity contribution is 0.121. The molecule has 0 saturated carbocycles. The number of ether oxygens (including phenoxy) is 1. The summed E-state index contributed by atoms with van der Waals surface area (Å²) < 4.78 is 5.42. The summed E-state index contributed by atoms with van der Waals surface area (Å²) in [4.78, 5) is 6.86. The Bertz CT molecular complexity index is 381. The van der Waals surface area contributed by atoms with Crippen molar-refractivity contribution in [2.45, 2.75) is 39.0 Å². The van der Waals surface area contributed by atoms with E-state index in [1.54, 1.807) is 7.11 Å². The van der Waals surface area contributed by atoms with Crippen molar-refractivity contribution in [2.24, 2.45) is 0 Å². The van der Waals surface area contributed by atoms with Crippen molar-refractivity contribution in [1.29, 1.82) is 0 Å². The zero-order valence-electron chi connectivity index (χ0n) is 11.5. The number of nitrogens with zero attached hydrogens (tertiary/aromatic N) is 2. The van der Waals surface area contributed by atoms with Crippen molar-refractivity contribution in [3.63, 3.8) is 0 Å². The smallest absolute Gasteiger partial charge is 0.133 e. The van der Waals surface area contributed by atoms with Crippen LogP contribution < -0.4 is 10.2 Å². The predicted molar refractivity (Wildman–Crippen MR) is 73.8 cm³/mol. The van der Waals surface area contributed by atoms with E-state index in [-0.39, 0.29) is 0 Å². The quantitative estimate of drug-likeness (QED) is 0.863. The third-order valence-corrected chi connectivity index (χ3v) is 3.35. The average Bonchev–Trinajstić information content (AvgIpc) is 2.85. The van der Waals surface area contributed by atoms with E-state index in [4.69, 9.17) is 4.74 Å². The lowest BCUT2D eigenvalue weighted by Gasteiger charge is -2.21. The van der Waals surface area contributed by atoms with E-state index in [9.17, 15) is 0 Å². The summed E-state index contributed by atoms with van der Waals surface area (Å²) in [5.41, 5.74) is 1.27. The lowest BCUT2D eigenvalue weighted by Crippen LogP contribution is -2.27. The summed E-state index contributed by atoms with van der Waals surface area (Å²) in [5, 5.41) is 3.45. The van der Waals surface area contributed by atoms with E-state index >= 15 is 0 Å². The Labute approximate surface area is 109 Å². The van der Waals surface area contributed by atoms with Crippen LogP contribution in [-0.4, -0.2) is 37.3 Å². The molecule has 2 heterocycles. The minimum Gasteiger partial charge on any atom is -0.380 e. The van der Waals surface area contributed by atoms with E-state index in [1.807, 2.05) is 12.3 Å². The Morgan fingerprint density at radius 2 is 2.39 bits per heavy atom. The first kappa shape index (κ1) is 13.3. The fourth-order valence-corrected chi connectivity index (χ4v) is 2.28. The molecule has 18 heavy (non-hydrogen) atoms. The van der Waals surface area contributed by atoms with Crippen molar-refractivity contribution in [1.82, 2.24) is 10.3 Å². The van der Waals surface area contributed by atoms with Gasteiger partial charge >= 0.3 is 0 Å². The standard InChI is InChI=1S/C14H23N3O/c1-11(2)16-9-12-5-4-7-15-14(12)17-8-6-13(10-17)18-3/h4-5,7,11,13,16H,6,8-10H2,1-3H3. The van der Waals surface area contributed by atoms with Gasteiger partial charge in [0.05, 0.1) is 6.10 Å². The minimum absolute atomic E-state index is 0.345. The average molecular weight is 249 g/mol. The monoisotopic (exact) mass is 249 g/mol. The highest BCUT2D eigenvalue weighted by molar-refractivity contribution is 5.47. The molecule has 1 aromatic heterocycles. The summed E-state index contributed by atoms with van der Waals surface area (Å²) in [5.74, 6) is 1.10. The van der Waals surface area contributed by atoms with Crippen LogP contribution in [0.15, 0.2) is 18.3 Å². The molecule has 0 spiro atoms. The van der Waals surface area contributed by atoms with Crippen molar-refractivity contribution < 1.29 is 4.74 Å². The molecule has 0 amide bonds. The molecule has 0 aromatic carbocycles. The van der Waals surface area contributed by atoms with E-state index in [0.29, 0.717) is 12.1 Å². The molecule has 1 saturated heterocycles. The third-order valence-electron chi connectivity index (χ3n) is 3.35. The molecule has 0 aliphatic carbocycles. The zero-order chi connectivity index (χ0) is 13.0. The molecule has 4 heteroatoms. The summed E-state index contributed by atoms with van der Waals surface area (Å²) >= 11 is 0. The number of methoxy groups -OCH3 is 1. The van der Waals surface area contributed by atoms with E-state index in [0.717, 1.165) is 31.9 Å². The largest absolute Gasteiger partial charge is 0.380 e. The number of pyridine rings is 1. The first-order valence-electron chi connectivity index (χ1n) is 6.65. The number of anilines is 1. The molecule has 0 bridgehead atoms. The molecule has 2 rings (SSSR count). The first-order valence-corrected chi connectivity index (χ1v) is 6.65. The van der Waals surface area contributed by atoms with Gasteiger partial charge in [-0.2, -0.15) is 0 Å². The Morgan fingerprint density at radius 3 is 3.06 bits per heavy atom. The van der Waals surface area contributed by atoms with Crippen molar-refractivity contribution in [2.75, 3.05) is 25.1 Å². The van der Waals surface area contributed by atoms with Crippen molar-refractivity contribution in [3.05, 3.63) is 23.9 Å². The van der Waals surface area contributed by atoms with Crippen LogP contribution >= 0.6 is 0 Å². The fraction of sp³-hybridized carbons (Fsp3) is 0.643. The van der Waals surface area contributed by atoms with Gasteiger partial charge in [0, 0.05) is 44.5 Å². The van der Waals surface area contributed by atoms with E-state index < -0.39 is 0 Å². The zero-order valence-corrected chi connectivity index (χ0v) is 11.5. The summed E-state index contributed by atoms with van der Waals surface area (Å²) in [7, 11) is 1.79. The van der Waals surface area contributed by atoms with Crippen molar-refractivity contribution >= 4 is 5.82 Å². The molecular formula is C14H23N3O. The van der Waals surface area contributed by atoms with Gasteiger partial charge in [-0.1, -0.05) is 19.9 Å². The maximum absolute atomic E-state index is 5.42. The molecule has 0 radical (unpaired) electrons. The highest BCUT2D eigenvalue weighted by Crippen LogP contribution is 2.23. The topological polar surface area (TPSA) is 37.4 Å². The number of nitrogens with one attached hydrogen (secondary N) is 1. The van der Waals surface area contributed by atoms with Crippen LogP contribution in [0.25, 0.3) is 0 Å². The second-order valence-electron chi connectivity index (χ2n) is 5.11. The van der Waals surface area contributed by atoms with E-state index in [2.05, 4.69) is 35.1 Å². The molecule has 1 aromatic rings. The number of aromatic nitrogens is 1. The van der Waals surface area contributed by atoms with E-state index in [1.165, 1.54) is 5.56 Å². The van der Waals surface area contributed by atoms with Crippen LogP contribution in [-0.2, 0) is 11.3 Å². The fourth-order valence-electron chi connectivity index (χ4n) is 2.28. The second kappa shape index (κ2) is 6.16. The summed E-state index contributed by atoms with van der Waals surface area (Å²) in [6.45, 7) is 7.17. The molecule has 4 nitrogen and oxygen atoms in total. The second-order valence-corrected chi connectivity index (χ2v) is 5.11. The maximum Gasteiger partial charge on any atom is 0.133 e. The minimum atomic E-state index is 0.345. The Kier molecular flexibility index (Phi) is 4.55. The molecule has 1 N–H and O–H groups in total. The predicted octanol–water partition coefficient (Wildman–Crippen LogP) is 1.80. The Morgan fingerprint density at radius 1 is 1.56 bits per heavy atom. The molecule has 1 unspecified atom stereocenters. The first-order chi connectivity index (χ1) is 8.70. The van der Waals surface area contributed by atoms with Crippen molar-refractivity contribution in [3.8, 4) is 0 Å². The van der Waals surface area contributed by atoms with Gasteiger partial charge in [-0.3, -0.25) is 0 Å². The summed E-state index contributed by atoms with van der Waals surface area (Å²) in [6, 6.07) is 4.64. The van der Waals surface area contributed by atoms with Gasteiger partial charge in [-0.15, -0.1) is 0 Å². The molecular weight excluding hydrogens is 226 g/mol. The highest BCUT2D eigenvalue weighted by atomic mass is 16.5. The number of hydrogen-bond acceptors (Lipinski definition) is 4. The highest BCUT2D eigenvalue weighted by Gasteiger charge is 2.24. The van der Waals surface area contributed by atoms with Gasteiger partial charge in [-0.05, 0) is 12.5 Å². The van der Waals surface area contributed by atoms with Crippen LogP contribution in [0.1, 0.15) is 25.8 Å². The number of hydrogen-bond donors (Lipinski definition) is 1. The van der Waals surface area contributed by atoms with Gasteiger partial charge in [0.1, 0.15) is 5.82 Å². The van der Waals surface area contributed by atoms with Gasteiger partial charge < -0.3 is 15.0 Å². The van der Waals surface area contributed by atoms with Crippen LogP contribution in [0, 0.1) is 0 Å². The van der Waals surface area contributed by atoms with Crippen LogP contribution in [0.4, 0.5) is 5.82 Å². The van der Waals surface area contributed by atoms with Gasteiger partial charge in [0.15, 0.2) is 0 Å². The molecule has 1 aliphatic rings. The molecule has 100 valence electrons.